The van der Waals surface area contributed by atoms with E-state index < -0.39 is 52.3 Å². The molecule has 1 atom stereocenters. The van der Waals surface area contributed by atoms with E-state index in [0.29, 0.717) is 6.07 Å². The SMILES string of the molecule is COC(=O)C(O)CNC(=O)c1cc(F)c([N+](=O)[O-])cc1F. The second-order valence-corrected chi connectivity index (χ2v) is 3.79. The lowest BCUT2D eigenvalue weighted by atomic mass is 10.1. The number of carbonyl (C=O) groups is 2. The van der Waals surface area contributed by atoms with Crippen molar-refractivity contribution in [3.05, 3.63) is 39.4 Å². The van der Waals surface area contributed by atoms with Crippen LogP contribution in [-0.4, -0.2) is 41.7 Å². The van der Waals surface area contributed by atoms with Gasteiger partial charge in [0, 0.05) is 0 Å². The van der Waals surface area contributed by atoms with E-state index in [1.165, 1.54) is 0 Å². The fraction of sp³-hybridized carbons (Fsp3) is 0.273. The predicted molar refractivity (Wildman–Crippen MR) is 63.4 cm³/mol. The minimum atomic E-state index is -1.68. The number of aliphatic hydroxyl groups is 1. The number of amides is 1. The Balaban J connectivity index is 2.86. The number of nitro benzene ring substituents is 1. The number of aliphatic hydroxyl groups excluding tert-OH is 1. The molecule has 0 aliphatic carbocycles. The van der Waals surface area contributed by atoms with Crippen molar-refractivity contribution in [1.29, 1.82) is 0 Å². The highest BCUT2D eigenvalue weighted by molar-refractivity contribution is 5.95. The first-order valence-electron chi connectivity index (χ1n) is 5.45. The average molecular weight is 304 g/mol. The van der Waals surface area contributed by atoms with Crippen LogP contribution in [0.2, 0.25) is 0 Å². The van der Waals surface area contributed by atoms with Gasteiger partial charge >= 0.3 is 11.7 Å². The number of hydrogen-bond acceptors (Lipinski definition) is 6. The van der Waals surface area contributed by atoms with Crippen LogP contribution in [0.15, 0.2) is 12.1 Å². The van der Waals surface area contributed by atoms with E-state index in [1.54, 1.807) is 0 Å². The van der Waals surface area contributed by atoms with Crippen LogP contribution in [-0.2, 0) is 9.53 Å². The van der Waals surface area contributed by atoms with Crippen molar-refractivity contribution in [3.8, 4) is 0 Å². The predicted octanol–water partition coefficient (Wildman–Crippen LogP) is 0.137. The van der Waals surface area contributed by atoms with Crippen LogP contribution < -0.4 is 5.32 Å². The number of halogens is 2. The van der Waals surface area contributed by atoms with E-state index in [9.17, 15) is 33.6 Å². The summed E-state index contributed by atoms with van der Waals surface area (Å²) in [6.07, 6.45) is -1.68. The molecule has 0 saturated heterocycles. The molecule has 1 rings (SSSR count). The third-order valence-electron chi connectivity index (χ3n) is 2.41. The van der Waals surface area contributed by atoms with Gasteiger partial charge in [0.25, 0.3) is 5.91 Å². The number of nitrogens with zero attached hydrogens (tertiary/aromatic N) is 1. The lowest BCUT2D eigenvalue weighted by Crippen LogP contribution is -2.37. The number of esters is 1. The van der Waals surface area contributed by atoms with E-state index in [0.717, 1.165) is 7.11 Å². The minimum Gasteiger partial charge on any atom is -0.467 e. The first-order valence-corrected chi connectivity index (χ1v) is 5.45. The van der Waals surface area contributed by atoms with Crippen molar-refractivity contribution >= 4 is 17.6 Å². The number of ether oxygens (including phenoxy) is 1. The summed E-state index contributed by atoms with van der Waals surface area (Å²) in [5.74, 6) is -4.87. The Labute approximate surface area is 116 Å². The highest BCUT2D eigenvalue weighted by Crippen LogP contribution is 2.21. The van der Waals surface area contributed by atoms with Gasteiger partial charge in [-0.15, -0.1) is 0 Å². The Hall–Kier alpha value is -2.62. The standard InChI is InChI=1S/C11H10F2N2O6/c1-21-11(18)9(16)4-14-10(17)5-2-7(13)8(15(19)20)3-6(5)12/h2-3,9,16H,4H2,1H3,(H,14,17). The maximum absolute atomic E-state index is 13.5. The molecule has 0 spiro atoms. The molecule has 2 N–H and O–H groups in total. The molecule has 1 amide bonds. The number of carbonyl (C=O) groups excluding carboxylic acids is 2. The Morgan fingerprint density at radius 3 is 2.57 bits per heavy atom. The van der Waals surface area contributed by atoms with Crippen LogP contribution in [0.5, 0.6) is 0 Å². The Morgan fingerprint density at radius 2 is 2.05 bits per heavy atom. The van der Waals surface area contributed by atoms with E-state index in [4.69, 9.17) is 0 Å². The summed E-state index contributed by atoms with van der Waals surface area (Å²) < 4.78 is 31.0. The topological polar surface area (TPSA) is 119 Å². The molecule has 0 saturated carbocycles. The summed E-state index contributed by atoms with van der Waals surface area (Å²) in [5.41, 5.74) is -1.91. The van der Waals surface area contributed by atoms with E-state index in [1.807, 2.05) is 5.32 Å². The van der Waals surface area contributed by atoms with Gasteiger partial charge in [-0.3, -0.25) is 14.9 Å². The molecule has 1 aromatic rings. The minimum absolute atomic E-state index is 0.265. The zero-order valence-electron chi connectivity index (χ0n) is 10.6. The summed E-state index contributed by atoms with van der Waals surface area (Å²) in [6, 6.07) is 0.619. The maximum Gasteiger partial charge on any atom is 0.336 e. The third kappa shape index (κ3) is 3.92. The molecule has 10 heteroatoms. The molecule has 0 aliphatic rings. The van der Waals surface area contributed by atoms with Crippen molar-refractivity contribution in [2.24, 2.45) is 0 Å². The maximum atomic E-state index is 13.5. The molecule has 0 heterocycles. The second-order valence-electron chi connectivity index (χ2n) is 3.79. The zero-order chi connectivity index (χ0) is 16.2. The van der Waals surface area contributed by atoms with Crippen molar-refractivity contribution in [2.45, 2.75) is 6.10 Å². The molecular weight excluding hydrogens is 294 g/mol. The molecule has 114 valence electrons. The number of nitrogens with one attached hydrogen (secondary N) is 1. The van der Waals surface area contributed by atoms with Gasteiger partial charge in [0.05, 0.1) is 30.2 Å². The van der Waals surface area contributed by atoms with Crippen LogP contribution in [0.4, 0.5) is 14.5 Å². The van der Waals surface area contributed by atoms with Gasteiger partial charge < -0.3 is 15.2 Å². The number of rotatable bonds is 5. The summed E-state index contributed by atoms with van der Waals surface area (Å²) in [7, 11) is 1.01. The molecule has 1 unspecified atom stereocenters. The van der Waals surface area contributed by atoms with Gasteiger partial charge in [-0.25, -0.2) is 9.18 Å². The Kier molecular flexibility index (Phi) is 5.24. The van der Waals surface area contributed by atoms with Crippen LogP contribution in [0.3, 0.4) is 0 Å². The van der Waals surface area contributed by atoms with E-state index in [-0.39, 0.29) is 6.07 Å². The van der Waals surface area contributed by atoms with Gasteiger partial charge in [-0.2, -0.15) is 4.39 Å². The molecule has 8 nitrogen and oxygen atoms in total. The fourth-order valence-corrected chi connectivity index (χ4v) is 1.35. The molecule has 0 fully saturated rings. The van der Waals surface area contributed by atoms with Gasteiger partial charge in [0.2, 0.25) is 5.82 Å². The monoisotopic (exact) mass is 304 g/mol. The molecule has 0 aromatic heterocycles. The first kappa shape index (κ1) is 16.4. The normalized spacial score (nSPS) is 11.6. The second kappa shape index (κ2) is 6.70. The first-order chi connectivity index (χ1) is 9.77. The van der Waals surface area contributed by atoms with Crippen molar-refractivity contribution < 1.29 is 33.1 Å². The van der Waals surface area contributed by atoms with Gasteiger partial charge in [-0.1, -0.05) is 0 Å². The summed E-state index contributed by atoms with van der Waals surface area (Å²) in [5, 5.41) is 21.6. The van der Waals surface area contributed by atoms with Crippen LogP contribution >= 0.6 is 0 Å². The summed E-state index contributed by atoms with van der Waals surface area (Å²) in [6.45, 7) is -0.594. The van der Waals surface area contributed by atoms with Crippen molar-refractivity contribution in [1.82, 2.24) is 5.32 Å². The van der Waals surface area contributed by atoms with Crippen LogP contribution in [0, 0.1) is 21.7 Å². The average Bonchev–Trinajstić information content (AvgIpc) is 2.44. The summed E-state index contributed by atoms with van der Waals surface area (Å²) in [4.78, 5) is 31.7. The van der Waals surface area contributed by atoms with Crippen molar-refractivity contribution in [2.75, 3.05) is 13.7 Å². The van der Waals surface area contributed by atoms with Gasteiger partial charge in [-0.05, 0) is 6.07 Å². The fourth-order valence-electron chi connectivity index (χ4n) is 1.35. The van der Waals surface area contributed by atoms with E-state index in [2.05, 4.69) is 4.74 Å². The number of benzene rings is 1. The summed E-state index contributed by atoms with van der Waals surface area (Å²) >= 11 is 0. The number of hydrogen-bond donors (Lipinski definition) is 2. The molecule has 0 radical (unpaired) electrons. The molecule has 21 heavy (non-hydrogen) atoms. The zero-order valence-corrected chi connectivity index (χ0v) is 10.6. The van der Waals surface area contributed by atoms with Gasteiger partial charge in [0.1, 0.15) is 5.82 Å². The quantitative estimate of drug-likeness (QED) is 0.453. The lowest BCUT2D eigenvalue weighted by molar-refractivity contribution is -0.387. The molecule has 0 aliphatic heterocycles. The molecule has 1 aromatic carbocycles. The van der Waals surface area contributed by atoms with Gasteiger partial charge in [0.15, 0.2) is 6.10 Å². The van der Waals surface area contributed by atoms with E-state index >= 15 is 0 Å². The highest BCUT2D eigenvalue weighted by Gasteiger charge is 2.23. The molecular formula is C11H10F2N2O6. The third-order valence-corrected chi connectivity index (χ3v) is 2.41. The molecule has 0 bridgehead atoms. The highest BCUT2D eigenvalue weighted by atomic mass is 19.1. The smallest absolute Gasteiger partial charge is 0.336 e. The Morgan fingerprint density at radius 1 is 1.43 bits per heavy atom. The number of methoxy groups -OCH3 is 1. The van der Waals surface area contributed by atoms with Crippen LogP contribution in [0.25, 0.3) is 0 Å². The lowest BCUT2D eigenvalue weighted by Gasteiger charge is -2.10. The number of nitro groups is 1. The Bertz CT molecular complexity index is 592. The largest absolute Gasteiger partial charge is 0.467 e. The van der Waals surface area contributed by atoms with Crippen molar-refractivity contribution in [3.63, 3.8) is 0 Å². The van der Waals surface area contributed by atoms with Crippen LogP contribution in [0.1, 0.15) is 10.4 Å².